The molecule has 1 heterocycles. The van der Waals surface area contributed by atoms with E-state index < -0.39 is 5.97 Å². The minimum Gasteiger partial charge on any atom is -0.496 e. The molecule has 0 aliphatic heterocycles. The summed E-state index contributed by atoms with van der Waals surface area (Å²) in [6.07, 6.45) is 3.68. The van der Waals surface area contributed by atoms with Gasteiger partial charge in [0.2, 0.25) is 0 Å². The molecule has 5 heteroatoms. The molecule has 0 aliphatic rings. The Kier molecular flexibility index (Phi) is 4.08. The zero-order chi connectivity index (χ0) is 14.7. The maximum Gasteiger partial charge on any atom is 0.307 e. The van der Waals surface area contributed by atoms with Crippen molar-refractivity contribution in [1.29, 1.82) is 0 Å². The van der Waals surface area contributed by atoms with Crippen LogP contribution in [0.25, 0.3) is 11.1 Å². The van der Waals surface area contributed by atoms with Crippen molar-refractivity contribution in [2.45, 2.75) is 26.3 Å². The summed E-state index contributed by atoms with van der Waals surface area (Å²) in [5.74, 6) is -0.286. The van der Waals surface area contributed by atoms with Gasteiger partial charge < -0.3 is 9.84 Å². The van der Waals surface area contributed by atoms with Crippen LogP contribution in [0.1, 0.15) is 25.5 Å². The molecule has 0 unspecified atom stereocenters. The van der Waals surface area contributed by atoms with Crippen molar-refractivity contribution in [1.82, 2.24) is 9.78 Å². The van der Waals surface area contributed by atoms with Crippen LogP contribution in [0.15, 0.2) is 30.6 Å². The van der Waals surface area contributed by atoms with Crippen LogP contribution in [0.5, 0.6) is 5.75 Å². The fourth-order valence-electron chi connectivity index (χ4n) is 2.03. The molecule has 0 atom stereocenters. The van der Waals surface area contributed by atoms with Crippen LogP contribution in [0.3, 0.4) is 0 Å². The highest BCUT2D eigenvalue weighted by Crippen LogP contribution is 2.27. The summed E-state index contributed by atoms with van der Waals surface area (Å²) in [5.41, 5.74) is 2.57. The van der Waals surface area contributed by atoms with E-state index >= 15 is 0 Å². The molecule has 20 heavy (non-hydrogen) atoms. The molecule has 0 saturated carbocycles. The topological polar surface area (TPSA) is 64.4 Å². The monoisotopic (exact) mass is 274 g/mol. The maximum atomic E-state index is 10.9. The molecule has 0 aliphatic carbocycles. The molecule has 0 amide bonds. The van der Waals surface area contributed by atoms with Crippen LogP contribution in [-0.2, 0) is 11.2 Å². The number of aliphatic carboxylic acids is 1. The molecule has 106 valence electrons. The first-order valence-corrected chi connectivity index (χ1v) is 6.44. The van der Waals surface area contributed by atoms with Crippen molar-refractivity contribution in [3.05, 3.63) is 36.2 Å². The van der Waals surface area contributed by atoms with Gasteiger partial charge in [0.25, 0.3) is 0 Å². The molecule has 0 fully saturated rings. The number of rotatable bonds is 5. The van der Waals surface area contributed by atoms with E-state index in [4.69, 9.17) is 9.84 Å². The Balaban J connectivity index is 2.38. The van der Waals surface area contributed by atoms with E-state index in [1.165, 1.54) is 7.11 Å². The van der Waals surface area contributed by atoms with Crippen LogP contribution in [-0.4, -0.2) is 28.0 Å². The third kappa shape index (κ3) is 2.99. The predicted octanol–water partition coefficient (Wildman–Crippen LogP) is 2.77. The number of carboxylic acid groups (broad SMARTS) is 1. The molecular weight excluding hydrogens is 256 g/mol. The van der Waals surface area contributed by atoms with Gasteiger partial charge in [-0.3, -0.25) is 9.48 Å². The largest absolute Gasteiger partial charge is 0.496 e. The number of nitrogens with zero attached hydrogens (tertiary/aromatic N) is 2. The lowest BCUT2D eigenvalue weighted by Crippen LogP contribution is -2.02. The Morgan fingerprint density at radius 1 is 1.40 bits per heavy atom. The number of carbonyl (C=O) groups is 1. The summed E-state index contributed by atoms with van der Waals surface area (Å²) in [6.45, 7) is 4.11. The van der Waals surface area contributed by atoms with Gasteiger partial charge in [-0.25, -0.2) is 0 Å². The van der Waals surface area contributed by atoms with Crippen molar-refractivity contribution < 1.29 is 14.6 Å². The van der Waals surface area contributed by atoms with Gasteiger partial charge in [-0.2, -0.15) is 5.10 Å². The van der Waals surface area contributed by atoms with Crippen LogP contribution in [0, 0.1) is 0 Å². The highest BCUT2D eigenvalue weighted by molar-refractivity contribution is 5.73. The minimum absolute atomic E-state index is 0.0602. The predicted molar refractivity (Wildman–Crippen MR) is 75.9 cm³/mol. The fraction of sp³-hybridized carbons (Fsp3) is 0.333. The number of benzene rings is 1. The van der Waals surface area contributed by atoms with Gasteiger partial charge in [0.1, 0.15) is 5.75 Å². The number of ether oxygens (including phenoxy) is 1. The fourth-order valence-corrected chi connectivity index (χ4v) is 2.03. The van der Waals surface area contributed by atoms with Gasteiger partial charge in [-0.1, -0.05) is 6.07 Å². The van der Waals surface area contributed by atoms with Gasteiger partial charge in [0.05, 0.1) is 19.7 Å². The molecule has 2 rings (SSSR count). The Bertz CT molecular complexity index is 617. The summed E-state index contributed by atoms with van der Waals surface area (Å²) in [7, 11) is 1.54. The molecule has 1 N–H and O–H groups in total. The maximum absolute atomic E-state index is 10.9. The molecule has 0 radical (unpaired) electrons. The lowest BCUT2D eigenvalue weighted by molar-refractivity contribution is -0.136. The van der Waals surface area contributed by atoms with Crippen molar-refractivity contribution >= 4 is 5.97 Å². The highest BCUT2D eigenvalue weighted by Gasteiger charge is 2.11. The van der Waals surface area contributed by atoms with Gasteiger partial charge >= 0.3 is 5.97 Å². The van der Waals surface area contributed by atoms with Crippen LogP contribution in [0.2, 0.25) is 0 Å². The normalized spacial score (nSPS) is 10.8. The summed E-state index contributed by atoms with van der Waals surface area (Å²) in [5, 5.41) is 13.2. The molecule has 0 saturated heterocycles. The lowest BCUT2D eigenvalue weighted by Gasteiger charge is -2.08. The molecule has 2 aromatic rings. The van der Waals surface area contributed by atoms with Crippen LogP contribution < -0.4 is 4.74 Å². The second kappa shape index (κ2) is 5.77. The minimum atomic E-state index is -0.877. The Labute approximate surface area is 117 Å². The summed E-state index contributed by atoms with van der Waals surface area (Å²) in [6, 6.07) is 5.83. The van der Waals surface area contributed by atoms with E-state index in [-0.39, 0.29) is 6.42 Å². The third-order valence-electron chi connectivity index (χ3n) is 3.09. The summed E-state index contributed by atoms with van der Waals surface area (Å²) in [4.78, 5) is 10.9. The molecule has 5 nitrogen and oxygen atoms in total. The quantitative estimate of drug-likeness (QED) is 0.910. The van der Waals surface area contributed by atoms with E-state index in [2.05, 4.69) is 18.9 Å². The van der Waals surface area contributed by atoms with Gasteiger partial charge in [0.15, 0.2) is 0 Å². The smallest absolute Gasteiger partial charge is 0.307 e. The first kappa shape index (κ1) is 14.1. The van der Waals surface area contributed by atoms with E-state index in [1.807, 2.05) is 23.0 Å². The number of carboxylic acids is 1. The Hall–Kier alpha value is -2.30. The SMILES string of the molecule is COc1ccc(-c2cnn(C(C)C)c2)cc1CC(=O)O. The molecule has 1 aromatic carbocycles. The van der Waals surface area contributed by atoms with Gasteiger partial charge in [-0.15, -0.1) is 0 Å². The molecule has 1 aromatic heterocycles. The number of hydrogen-bond acceptors (Lipinski definition) is 3. The van der Waals surface area contributed by atoms with Crippen molar-refractivity contribution in [3.63, 3.8) is 0 Å². The number of aromatic nitrogens is 2. The summed E-state index contributed by atoms with van der Waals surface area (Å²) < 4.78 is 7.07. The van der Waals surface area contributed by atoms with Crippen molar-refractivity contribution in [2.75, 3.05) is 7.11 Å². The zero-order valence-electron chi connectivity index (χ0n) is 11.8. The second-order valence-electron chi connectivity index (χ2n) is 4.90. The standard InChI is InChI=1S/C15H18N2O3/c1-10(2)17-9-13(8-16-17)11-4-5-14(20-3)12(6-11)7-15(18)19/h4-6,8-10H,7H2,1-3H3,(H,18,19). The Morgan fingerprint density at radius 2 is 2.15 bits per heavy atom. The van der Waals surface area contributed by atoms with Gasteiger partial charge in [0, 0.05) is 23.4 Å². The first-order chi connectivity index (χ1) is 9.51. The molecule has 0 spiro atoms. The average Bonchev–Trinajstić information content (AvgIpc) is 2.87. The van der Waals surface area contributed by atoms with E-state index in [1.54, 1.807) is 12.3 Å². The van der Waals surface area contributed by atoms with Crippen molar-refractivity contribution in [3.8, 4) is 16.9 Å². The first-order valence-electron chi connectivity index (χ1n) is 6.44. The molecule has 0 bridgehead atoms. The number of hydrogen-bond donors (Lipinski definition) is 1. The van der Waals surface area contributed by atoms with E-state index in [9.17, 15) is 4.79 Å². The molecular formula is C15H18N2O3. The number of methoxy groups -OCH3 is 1. The van der Waals surface area contributed by atoms with Crippen LogP contribution in [0.4, 0.5) is 0 Å². The lowest BCUT2D eigenvalue weighted by atomic mass is 10.0. The third-order valence-corrected chi connectivity index (χ3v) is 3.09. The summed E-state index contributed by atoms with van der Waals surface area (Å²) >= 11 is 0. The van der Waals surface area contributed by atoms with Gasteiger partial charge in [-0.05, 0) is 31.5 Å². The van der Waals surface area contributed by atoms with E-state index in [0.29, 0.717) is 17.4 Å². The zero-order valence-corrected chi connectivity index (χ0v) is 11.8. The second-order valence-corrected chi connectivity index (χ2v) is 4.90. The average molecular weight is 274 g/mol. The Morgan fingerprint density at radius 3 is 2.70 bits per heavy atom. The van der Waals surface area contributed by atoms with E-state index in [0.717, 1.165) is 11.1 Å². The van der Waals surface area contributed by atoms with Crippen LogP contribution >= 0.6 is 0 Å². The highest BCUT2D eigenvalue weighted by atomic mass is 16.5. The van der Waals surface area contributed by atoms with Crippen molar-refractivity contribution in [2.24, 2.45) is 0 Å².